The Bertz CT molecular complexity index is 1130. The molecule has 0 saturated heterocycles. The van der Waals surface area contributed by atoms with Crippen molar-refractivity contribution >= 4 is 22.2 Å². The van der Waals surface area contributed by atoms with Gasteiger partial charge >= 0.3 is 0 Å². The number of fused-ring (bicyclic) bond motifs is 1. The molecule has 0 spiro atoms. The fourth-order valence-electron chi connectivity index (χ4n) is 2.87. The van der Waals surface area contributed by atoms with Gasteiger partial charge in [-0.2, -0.15) is 9.61 Å². The molecule has 0 aliphatic carbocycles. The van der Waals surface area contributed by atoms with Gasteiger partial charge in [0.15, 0.2) is 12.4 Å². The fraction of sp³-hybridized carbons (Fsp3) is 0.238. The Morgan fingerprint density at radius 1 is 1.17 bits per heavy atom. The van der Waals surface area contributed by atoms with Crippen LogP contribution in [0.15, 0.2) is 48.5 Å². The van der Waals surface area contributed by atoms with Crippen LogP contribution in [0.3, 0.4) is 0 Å². The highest BCUT2D eigenvalue weighted by molar-refractivity contribution is 7.19. The van der Waals surface area contributed by atoms with Crippen LogP contribution in [0.25, 0.3) is 15.5 Å². The van der Waals surface area contributed by atoms with E-state index >= 15 is 0 Å². The first kappa shape index (κ1) is 19.1. The first-order valence-electron chi connectivity index (χ1n) is 9.39. The molecule has 0 atom stereocenters. The second kappa shape index (κ2) is 8.40. The number of ether oxygens (including phenoxy) is 1. The van der Waals surface area contributed by atoms with Gasteiger partial charge in [-0.15, -0.1) is 10.2 Å². The first-order valence-corrected chi connectivity index (χ1v) is 10.2. The highest BCUT2D eigenvalue weighted by Crippen LogP contribution is 2.25. The second-order valence-corrected chi connectivity index (χ2v) is 7.61. The Morgan fingerprint density at radius 3 is 2.76 bits per heavy atom. The van der Waals surface area contributed by atoms with Crippen molar-refractivity contribution < 1.29 is 9.53 Å². The minimum absolute atomic E-state index is 0.00571. The van der Waals surface area contributed by atoms with Crippen LogP contribution < -0.4 is 10.1 Å². The van der Waals surface area contributed by atoms with Crippen molar-refractivity contribution in [3.05, 3.63) is 65.5 Å². The zero-order valence-corrected chi connectivity index (χ0v) is 17.1. The van der Waals surface area contributed by atoms with Crippen LogP contribution in [0.4, 0.5) is 0 Å². The van der Waals surface area contributed by atoms with Gasteiger partial charge in [0.2, 0.25) is 4.96 Å². The third-order valence-corrected chi connectivity index (χ3v) is 5.37. The molecule has 0 bridgehead atoms. The van der Waals surface area contributed by atoms with Gasteiger partial charge in [0, 0.05) is 18.5 Å². The lowest BCUT2D eigenvalue weighted by molar-refractivity contribution is -0.123. The van der Waals surface area contributed by atoms with Gasteiger partial charge in [0.05, 0.1) is 0 Å². The molecule has 29 heavy (non-hydrogen) atoms. The number of aromatic nitrogens is 4. The number of carbonyl (C=O) groups is 1. The van der Waals surface area contributed by atoms with Crippen LogP contribution in [0.1, 0.15) is 23.9 Å². The number of hydrogen-bond acceptors (Lipinski definition) is 6. The molecule has 0 saturated carbocycles. The highest BCUT2D eigenvalue weighted by Gasteiger charge is 2.12. The molecule has 2 aromatic heterocycles. The third-order valence-electron chi connectivity index (χ3n) is 4.42. The topological polar surface area (TPSA) is 81.4 Å². The van der Waals surface area contributed by atoms with E-state index in [1.807, 2.05) is 62.4 Å². The molecule has 148 valence electrons. The van der Waals surface area contributed by atoms with Crippen molar-refractivity contribution in [2.45, 2.75) is 26.8 Å². The van der Waals surface area contributed by atoms with E-state index in [0.717, 1.165) is 38.9 Å². The monoisotopic (exact) mass is 407 g/mol. The van der Waals surface area contributed by atoms with Crippen molar-refractivity contribution in [2.24, 2.45) is 0 Å². The van der Waals surface area contributed by atoms with Gasteiger partial charge in [-0.05, 0) is 30.2 Å². The van der Waals surface area contributed by atoms with E-state index < -0.39 is 0 Å². The zero-order valence-electron chi connectivity index (χ0n) is 16.3. The largest absolute Gasteiger partial charge is 0.484 e. The molecule has 0 aliphatic heterocycles. The summed E-state index contributed by atoms with van der Waals surface area (Å²) >= 11 is 1.51. The van der Waals surface area contributed by atoms with E-state index in [9.17, 15) is 4.79 Å². The zero-order chi connectivity index (χ0) is 20.2. The van der Waals surface area contributed by atoms with Crippen LogP contribution in [0.5, 0.6) is 5.75 Å². The normalized spacial score (nSPS) is 11.0. The summed E-state index contributed by atoms with van der Waals surface area (Å²) in [5, 5.41) is 16.6. The van der Waals surface area contributed by atoms with Crippen LogP contribution in [-0.4, -0.2) is 32.3 Å². The Labute approximate surface area is 172 Å². The summed E-state index contributed by atoms with van der Waals surface area (Å²) in [6, 6.07) is 15.6. The van der Waals surface area contributed by atoms with E-state index in [2.05, 4.69) is 20.6 Å². The summed E-state index contributed by atoms with van der Waals surface area (Å²) in [4.78, 5) is 12.8. The molecule has 4 rings (SSSR count). The molecule has 0 fully saturated rings. The van der Waals surface area contributed by atoms with Crippen molar-refractivity contribution in [1.29, 1.82) is 0 Å². The lowest BCUT2D eigenvalue weighted by Gasteiger charge is -2.08. The van der Waals surface area contributed by atoms with Crippen molar-refractivity contribution in [2.75, 3.05) is 6.61 Å². The number of amides is 1. The van der Waals surface area contributed by atoms with Gasteiger partial charge in [-0.1, -0.05) is 54.7 Å². The molecule has 0 radical (unpaired) electrons. The average molecular weight is 407 g/mol. The second-order valence-electron chi connectivity index (χ2n) is 6.65. The lowest BCUT2D eigenvalue weighted by atomic mass is 10.1. The van der Waals surface area contributed by atoms with Crippen LogP contribution in [0, 0.1) is 6.92 Å². The Hall–Kier alpha value is -3.26. The smallest absolute Gasteiger partial charge is 0.258 e. The predicted molar refractivity (Wildman–Crippen MR) is 112 cm³/mol. The van der Waals surface area contributed by atoms with E-state index in [1.54, 1.807) is 4.52 Å². The molecule has 8 heteroatoms. The summed E-state index contributed by atoms with van der Waals surface area (Å²) in [5.74, 6) is 1.40. The van der Waals surface area contributed by atoms with E-state index in [-0.39, 0.29) is 12.5 Å². The minimum atomic E-state index is -0.156. The van der Waals surface area contributed by atoms with Gasteiger partial charge in [-0.3, -0.25) is 4.79 Å². The summed E-state index contributed by atoms with van der Waals surface area (Å²) in [6.45, 7) is 4.46. The first-order chi connectivity index (χ1) is 14.1. The SMILES string of the molecule is CCc1nnc2sc(-c3ccc(CNC(=O)COc4cccc(C)c4)cc3)nn12. The van der Waals surface area contributed by atoms with Crippen LogP contribution in [-0.2, 0) is 17.8 Å². The molecule has 7 nitrogen and oxygen atoms in total. The highest BCUT2D eigenvalue weighted by atomic mass is 32.1. The van der Waals surface area contributed by atoms with Gasteiger partial charge in [0.25, 0.3) is 5.91 Å². The molecule has 1 N–H and O–H groups in total. The summed E-state index contributed by atoms with van der Waals surface area (Å²) in [7, 11) is 0. The van der Waals surface area contributed by atoms with Crippen LogP contribution >= 0.6 is 11.3 Å². The summed E-state index contributed by atoms with van der Waals surface area (Å²) in [6.07, 6.45) is 0.788. The predicted octanol–water partition coefficient (Wildman–Crippen LogP) is 3.42. The molecule has 4 aromatic rings. The summed E-state index contributed by atoms with van der Waals surface area (Å²) < 4.78 is 7.32. The van der Waals surface area contributed by atoms with E-state index in [1.165, 1.54) is 11.3 Å². The Balaban J connectivity index is 1.33. The average Bonchev–Trinajstić information content (AvgIpc) is 3.32. The standard InChI is InChI=1S/C21H21N5O2S/c1-3-18-23-24-21-26(18)25-20(29-21)16-9-7-15(8-10-16)12-22-19(27)13-28-17-6-4-5-14(2)11-17/h4-11H,3,12-13H2,1-2H3,(H,22,27). The van der Waals surface area contributed by atoms with Gasteiger partial charge < -0.3 is 10.1 Å². The van der Waals surface area contributed by atoms with E-state index in [0.29, 0.717) is 12.3 Å². The Morgan fingerprint density at radius 2 is 2.00 bits per heavy atom. The third kappa shape index (κ3) is 4.43. The molecular weight excluding hydrogens is 386 g/mol. The van der Waals surface area contributed by atoms with Crippen molar-refractivity contribution in [3.8, 4) is 16.3 Å². The van der Waals surface area contributed by atoms with Crippen LogP contribution in [0.2, 0.25) is 0 Å². The lowest BCUT2D eigenvalue weighted by Crippen LogP contribution is -2.28. The maximum absolute atomic E-state index is 12.0. The molecular formula is C21H21N5O2S. The number of rotatable bonds is 7. The maximum atomic E-state index is 12.0. The quantitative estimate of drug-likeness (QED) is 0.508. The molecule has 2 heterocycles. The Kier molecular flexibility index (Phi) is 5.53. The summed E-state index contributed by atoms with van der Waals surface area (Å²) in [5.41, 5.74) is 3.12. The number of nitrogens with one attached hydrogen (secondary N) is 1. The number of benzene rings is 2. The minimum Gasteiger partial charge on any atom is -0.484 e. The van der Waals surface area contributed by atoms with Gasteiger partial charge in [0.1, 0.15) is 10.8 Å². The molecule has 0 aliphatic rings. The number of hydrogen-bond donors (Lipinski definition) is 1. The molecule has 2 aromatic carbocycles. The van der Waals surface area contributed by atoms with Crippen molar-refractivity contribution in [3.63, 3.8) is 0 Å². The maximum Gasteiger partial charge on any atom is 0.258 e. The molecule has 1 amide bonds. The number of carbonyl (C=O) groups excluding carboxylic acids is 1. The van der Waals surface area contributed by atoms with Gasteiger partial charge in [-0.25, -0.2) is 0 Å². The van der Waals surface area contributed by atoms with E-state index in [4.69, 9.17) is 4.74 Å². The van der Waals surface area contributed by atoms with Crippen molar-refractivity contribution in [1.82, 2.24) is 25.1 Å². The number of nitrogens with zero attached hydrogens (tertiary/aromatic N) is 4. The number of aryl methyl sites for hydroxylation is 2. The fourth-order valence-corrected chi connectivity index (χ4v) is 3.73. The molecule has 0 unspecified atom stereocenters.